The molecule has 1 amide bonds. The van der Waals surface area contributed by atoms with Crippen molar-refractivity contribution in [1.29, 1.82) is 0 Å². The Balaban J connectivity index is 2.05. The fourth-order valence-electron chi connectivity index (χ4n) is 1.76. The Labute approximate surface area is 137 Å². The summed E-state index contributed by atoms with van der Waals surface area (Å²) in [7, 11) is 0. The van der Waals surface area contributed by atoms with Gasteiger partial charge in [-0.1, -0.05) is 12.1 Å². The molecule has 0 heterocycles. The van der Waals surface area contributed by atoms with Crippen LogP contribution in [0.5, 0.6) is 5.75 Å². The van der Waals surface area contributed by atoms with Crippen LogP contribution in [0, 0.1) is 5.82 Å². The first-order valence-electron chi connectivity index (χ1n) is 6.61. The summed E-state index contributed by atoms with van der Waals surface area (Å²) in [6.07, 6.45) is 0. The van der Waals surface area contributed by atoms with E-state index in [2.05, 4.69) is 10.6 Å². The lowest BCUT2D eigenvalue weighted by Crippen LogP contribution is -2.34. The summed E-state index contributed by atoms with van der Waals surface area (Å²) in [4.78, 5) is 23.3. The second kappa shape index (κ2) is 7.46. The average molecular weight is 332 g/mol. The van der Waals surface area contributed by atoms with Crippen LogP contribution in [0.3, 0.4) is 0 Å². The standard InChI is InChI=1S/C16H13FN2O3S/c1-10(20)22-14-5-3-2-4-13(14)15(21)19-16(23)18-12-8-6-11(17)7-9-12/h2-9H,1H3,(H2,18,19,21,23). The molecule has 0 fully saturated rings. The molecule has 5 nitrogen and oxygen atoms in total. The van der Waals surface area contributed by atoms with E-state index in [1.54, 1.807) is 12.1 Å². The molecule has 2 aromatic rings. The second-order valence-corrected chi connectivity index (χ2v) is 4.91. The largest absolute Gasteiger partial charge is 0.426 e. The molecule has 0 aromatic heterocycles. The van der Waals surface area contributed by atoms with Gasteiger partial charge in [0.2, 0.25) is 0 Å². The topological polar surface area (TPSA) is 67.4 Å². The van der Waals surface area contributed by atoms with E-state index in [-0.39, 0.29) is 22.2 Å². The van der Waals surface area contributed by atoms with Crippen molar-refractivity contribution < 1.29 is 18.7 Å². The molecule has 0 aliphatic heterocycles. The summed E-state index contributed by atoms with van der Waals surface area (Å²) in [5, 5.41) is 5.27. The van der Waals surface area contributed by atoms with Gasteiger partial charge < -0.3 is 10.1 Å². The van der Waals surface area contributed by atoms with E-state index in [9.17, 15) is 14.0 Å². The average Bonchev–Trinajstić information content (AvgIpc) is 2.49. The van der Waals surface area contributed by atoms with Gasteiger partial charge in [0.25, 0.3) is 5.91 Å². The van der Waals surface area contributed by atoms with Gasteiger partial charge in [0.15, 0.2) is 5.11 Å². The minimum atomic E-state index is -0.530. The highest BCUT2D eigenvalue weighted by Crippen LogP contribution is 2.18. The van der Waals surface area contributed by atoms with Gasteiger partial charge >= 0.3 is 5.97 Å². The van der Waals surface area contributed by atoms with Crippen molar-refractivity contribution in [3.05, 3.63) is 59.9 Å². The van der Waals surface area contributed by atoms with Crippen molar-refractivity contribution in [3.63, 3.8) is 0 Å². The number of para-hydroxylation sites is 1. The lowest BCUT2D eigenvalue weighted by Gasteiger charge is -2.11. The van der Waals surface area contributed by atoms with E-state index < -0.39 is 11.9 Å². The van der Waals surface area contributed by atoms with Gasteiger partial charge in [0, 0.05) is 12.6 Å². The van der Waals surface area contributed by atoms with Gasteiger partial charge in [0.1, 0.15) is 11.6 Å². The number of carbonyl (C=O) groups is 2. The molecule has 0 aliphatic rings. The molecule has 0 saturated carbocycles. The third-order valence-electron chi connectivity index (χ3n) is 2.71. The fourth-order valence-corrected chi connectivity index (χ4v) is 1.97. The van der Waals surface area contributed by atoms with E-state index in [1.807, 2.05) is 0 Å². The third kappa shape index (κ3) is 4.86. The van der Waals surface area contributed by atoms with E-state index in [4.69, 9.17) is 17.0 Å². The van der Waals surface area contributed by atoms with Gasteiger partial charge in [-0.15, -0.1) is 0 Å². The predicted octanol–water partition coefficient (Wildman–Crippen LogP) is 2.88. The summed E-state index contributed by atoms with van der Waals surface area (Å²) in [5.74, 6) is -1.29. The number of thiocarbonyl (C=S) groups is 1. The molecule has 7 heteroatoms. The molecule has 118 valence electrons. The third-order valence-corrected chi connectivity index (χ3v) is 2.92. The van der Waals surface area contributed by atoms with Crippen molar-refractivity contribution in [2.75, 3.05) is 5.32 Å². The highest BCUT2D eigenvalue weighted by atomic mass is 32.1. The monoisotopic (exact) mass is 332 g/mol. The summed E-state index contributed by atoms with van der Waals surface area (Å²) in [6.45, 7) is 1.25. The number of carbonyl (C=O) groups excluding carboxylic acids is 2. The second-order valence-electron chi connectivity index (χ2n) is 4.50. The zero-order chi connectivity index (χ0) is 16.8. The maximum absolute atomic E-state index is 12.8. The van der Waals surface area contributed by atoms with Crippen LogP contribution in [0.25, 0.3) is 0 Å². The zero-order valence-electron chi connectivity index (χ0n) is 12.1. The first-order valence-corrected chi connectivity index (χ1v) is 7.02. The Morgan fingerprint density at radius 1 is 1.09 bits per heavy atom. The van der Waals surface area contributed by atoms with E-state index >= 15 is 0 Å². The molecular formula is C16H13FN2O3S. The smallest absolute Gasteiger partial charge is 0.308 e. The lowest BCUT2D eigenvalue weighted by molar-refractivity contribution is -0.131. The number of halogens is 1. The number of anilines is 1. The van der Waals surface area contributed by atoms with Crippen molar-refractivity contribution in [2.24, 2.45) is 0 Å². The molecule has 2 N–H and O–H groups in total. The Kier molecular flexibility index (Phi) is 5.37. The van der Waals surface area contributed by atoms with Crippen molar-refractivity contribution in [2.45, 2.75) is 6.92 Å². The molecule has 0 atom stereocenters. The van der Waals surface area contributed by atoms with E-state index in [0.29, 0.717) is 5.69 Å². The molecule has 0 bridgehead atoms. The number of hydrogen-bond donors (Lipinski definition) is 2. The van der Waals surface area contributed by atoms with Crippen LogP contribution in [-0.2, 0) is 4.79 Å². The summed E-state index contributed by atoms with van der Waals surface area (Å²) >= 11 is 5.03. The Bertz CT molecular complexity index is 747. The first-order chi connectivity index (χ1) is 11.0. The minimum absolute atomic E-state index is 0.0410. The minimum Gasteiger partial charge on any atom is -0.426 e. The number of hydrogen-bond acceptors (Lipinski definition) is 4. The van der Waals surface area contributed by atoms with Crippen LogP contribution in [0.4, 0.5) is 10.1 Å². The van der Waals surface area contributed by atoms with Crippen molar-refractivity contribution in [3.8, 4) is 5.75 Å². The highest BCUT2D eigenvalue weighted by molar-refractivity contribution is 7.80. The number of benzene rings is 2. The molecule has 2 aromatic carbocycles. The van der Waals surface area contributed by atoms with Gasteiger partial charge in [-0.05, 0) is 48.6 Å². The number of esters is 1. The van der Waals surface area contributed by atoms with Crippen LogP contribution in [0.1, 0.15) is 17.3 Å². The molecule has 2 rings (SSSR count). The van der Waals surface area contributed by atoms with Crippen LogP contribution in [0.15, 0.2) is 48.5 Å². The molecular weight excluding hydrogens is 319 g/mol. The van der Waals surface area contributed by atoms with E-state index in [1.165, 1.54) is 43.3 Å². The predicted molar refractivity (Wildman–Crippen MR) is 87.8 cm³/mol. The van der Waals surface area contributed by atoms with Gasteiger partial charge in [-0.2, -0.15) is 0 Å². The van der Waals surface area contributed by atoms with Crippen molar-refractivity contribution in [1.82, 2.24) is 5.32 Å². The molecule has 0 aliphatic carbocycles. The lowest BCUT2D eigenvalue weighted by atomic mass is 10.2. The van der Waals surface area contributed by atoms with Crippen LogP contribution < -0.4 is 15.4 Å². The van der Waals surface area contributed by atoms with Gasteiger partial charge in [0.05, 0.1) is 5.56 Å². The number of ether oxygens (including phenoxy) is 1. The molecule has 0 spiro atoms. The Hall–Kier alpha value is -2.80. The van der Waals surface area contributed by atoms with Gasteiger partial charge in [-0.3, -0.25) is 14.9 Å². The fraction of sp³-hybridized carbons (Fsp3) is 0.0625. The number of rotatable bonds is 3. The maximum atomic E-state index is 12.8. The number of amides is 1. The first kappa shape index (κ1) is 16.6. The maximum Gasteiger partial charge on any atom is 0.308 e. The molecule has 0 saturated heterocycles. The summed E-state index contributed by atoms with van der Waals surface area (Å²) in [6, 6.07) is 11.8. The zero-order valence-corrected chi connectivity index (χ0v) is 12.9. The molecule has 23 heavy (non-hydrogen) atoms. The van der Waals surface area contributed by atoms with Crippen molar-refractivity contribution >= 4 is 34.9 Å². The van der Waals surface area contributed by atoms with Crippen LogP contribution in [-0.4, -0.2) is 17.0 Å². The summed E-state index contributed by atoms with van der Waals surface area (Å²) in [5.41, 5.74) is 0.705. The Morgan fingerprint density at radius 2 is 1.74 bits per heavy atom. The number of nitrogens with one attached hydrogen (secondary N) is 2. The summed E-state index contributed by atoms with van der Waals surface area (Å²) < 4.78 is 17.8. The SMILES string of the molecule is CC(=O)Oc1ccccc1C(=O)NC(=S)Nc1ccc(F)cc1. The van der Waals surface area contributed by atoms with Crippen LogP contribution in [0.2, 0.25) is 0 Å². The quantitative estimate of drug-likeness (QED) is 0.514. The van der Waals surface area contributed by atoms with Crippen LogP contribution >= 0.6 is 12.2 Å². The normalized spacial score (nSPS) is 9.83. The van der Waals surface area contributed by atoms with E-state index in [0.717, 1.165) is 0 Å². The van der Waals surface area contributed by atoms with Gasteiger partial charge in [-0.25, -0.2) is 4.39 Å². The molecule has 0 radical (unpaired) electrons. The highest BCUT2D eigenvalue weighted by Gasteiger charge is 2.14. The Morgan fingerprint density at radius 3 is 2.39 bits per heavy atom. The molecule has 0 unspecified atom stereocenters.